The number of sulfonamides is 1. The lowest BCUT2D eigenvalue weighted by atomic mass is 10.0. The van der Waals surface area contributed by atoms with E-state index in [1.54, 1.807) is 16.4 Å². The molecular formula is C21H32N4O2S. The average molecular weight is 405 g/mol. The minimum atomic E-state index is -3.42. The summed E-state index contributed by atoms with van der Waals surface area (Å²) in [6.07, 6.45) is 3.06. The van der Waals surface area contributed by atoms with E-state index in [0.717, 1.165) is 38.3 Å². The molecule has 1 aliphatic heterocycles. The topological polar surface area (TPSA) is 58.4 Å². The molecule has 1 aromatic heterocycles. The fourth-order valence-corrected chi connectivity index (χ4v) is 5.09. The number of hydrogen-bond donors (Lipinski definition) is 0. The largest absolute Gasteiger partial charge is 0.296 e. The molecule has 6 nitrogen and oxygen atoms in total. The minimum absolute atomic E-state index is 0.397. The number of aromatic nitrogens is 2. The van der Waals surface area contributed by atoms with Crippen LogP contribution in [0, 0.1) is 12.8 Å². The predicted octanol–water partition coefficient (Wildman–Crippen LogP) is 2.92. The summed E-state index contributed by atoms with van der Waals surface area (Å²) in [5.41, 5.74) is 3.46. The maximum Gasteiger partial charge on any atom is 0.243 e. The van der Waals surface area contributed by atoms with Crippen LogP contribution < -0.4 is 0 Å². The first-order valence-corrected chi connectivity index (χ1v) is 11.6. The van der Waals surface area contributed by atoms with Crippen LogP contribution in [0.1, 0.15) is 37.6 Å². The molecular weight excluding hydrogens is 372 g/mol. The Morgan fingerprint density at radius 2 is 1.71 bits per heavy atom. The molecule has 0 bridgehead atoms. The quantitative estimate of drug-likeness (QED) is 0.712. The lowest BCUT2D eigenvalue weighted by molar-refractivity contribution is 0.181. The molecule has 0 amide bonds. The van der Waals surface area contributed by atoms with Crippen LogP contribution >= 0.6 is 0 Å². The molecule has 0 aliphatic carbocycles. The summed E-state index contributed by atoms with van der Waals surface area (Å²) in [5, 5.41) is 4.50. The van der Waals surface area contributed by atoms with E-state index < -0.39 is 10.0 Å². The van der Waals surface area contributed by atoms with Gasteiger partial charge in [0, 0.05) is 51.0 Å². The molecule has 2 aromatic rings. The van der Waals surface area contributed by atoms with E-state index in [4.69, 9.17) is 0 Å². The van der Waals surface area contributed by atoms with Gasteiger partial charge in [0.15, 0.2) is 0 Å². The van der Waals surface area contributed by atoms with Crippen molar-refractivity contribution >= 4 is 10.0 Å². The molecule has 2 heterocycles. The number of benzene rings is 1. The Hall–Kier alpha value is -1.70. The number of piperazine rings is 1. The first-order valence-electron chi connectivity index (χ1n) is 10.1. The van der Waals surface area contributed by atoms with E-state index >= 15 is 0 Å². The van der Waals surface area contributed by atoms with Gasteiger partial charge in [-0.3, -0.25) is 9.58 Å². The van der Waals surface area contributed by atoms with Crippen LogP contribution in [-0.4, -0.2) is 53.6 Å². The van der Waals surface area contributed by atoms with Gasteiger partial charge in [-0.15, -0.1) is 0 Å². The van der Waals surface area contributed by atoms with Gasteiger partial charge in [-0.2, -0.15) is 9.40 Å². The molecule has 0 radical (unpaired) electrons. The molecule has 1 saturated heterocycles. The fourth-order valence-electron chi connectivity index (χ4n) is 3.66. The van der Waals surface area contributed by atoms with Crippen LogP contribution in [0.4, 0.5) is 0 Å². The van der Waals surface area contributed by atoms with Crippen molar-refractivity contribution in [3.63, 3.8) is 0 Å². The highest BCUT2D eigenvalue weighted by Gasteiger charge is 2.28. The minimum Gasteiger partial charge on any atom is -0.296 e. The zero-order valence-corrected chi connectivity index (χ0v) is 18.2. The van der Waals surface area contributed by atoms with Gasteiger partial charge in [-0.05, 0) is 43.9 Å². The Labute approximate surface area is 169 Å². The van der Waals surface area contributed by atoms with E-state index in [2.05, 4.69) is 37.0 Å². The predicted molar refractivity (Wildman–Crippen MR) is 112 cm³/mol. The van der Waals surface area contributed by atoms with E-state index in [1.165, 1.54) is 11.1 Å². The molecule has 0 N–H and O–H groups in total. The van der Waals surface area contributed by atoms with Gasteiger partial charge in [0.05, 0.1) is 10.6 Å². The highest BCUT2D eigenvalue weighted by Crippen LogP contribution is 2.20. The normalized spacial score (nSPS) is 16.8. The lowest BCUT2D eigenvalue weighted by Crippen LogP contribution is -2.48. The van der Waals surface area contributed by atoms with Crippen molar-refractivity contribution in [3.05, 3.63) is 47.3 Å². The molecule has 1 aromatic carbocycles. The molecule has 0 unspecified atom stereocenters. The van der Waals surface area contributed by atoms with E-state index in [0.29, 0.717) is 23.9 Å². The Bertz CT molecular complexity index is 880. The van der Waals surface area contributed by atoms with Crippen LogP contribution in [0.15, 0.2) is 35.4 Å². The van der Waals surface area contributed by atoms with Gasteiger partial charge in [-0.1, -0.05) is 26.0 Å². The van der Waals surface area contributed by atoms with Crippen LogP contribution in [0.25, 0.3) is 0 Å². The second-order valence-corrected chi connectivity index (χ2v) is 9.96. The summed E-state index contributed by atoms with van der Waals surface area (Å²) < 4.78 is 29.5. The molecule has 0 saturated carbocycles. The third-order valence-corrected chi connectivity index (χ3v) is 7.22. The third kappa shape index (κ3) is 4.82. The Balaban J connectivity index is 1.60. The van der Waals surface area contributed by atoms with Crippen molar-refractivity contribution in [2.75, 3.05) is 26.2 Å². The van der Waals surface area contributed by atoms with Crippen LogP contribution in [-0.2, 0) is 29.5 Å². The van der Waals surface area contributed by atoms with Crippen molar-refractivity contribution in [2.45, 2.75) is 52.1 Å². The standard InChI is InChI=1S/C21H32N4O2S/c1-5-24-16-20(18(4)22-24)15-23-10-12-25(13-11-23)28(26,27)21-8-6-19(7-9-21)14-17(2)3/h6-9,16-17H,5,10-15H2,1-4H3. The highest BCUT2D eigenvalue weighted by atomic mass is 32.2. The summed E-state index contributed by atoms with van der Waals surface area (Å²) in [6, 6.07) is 7.39. The first kappa shape index (κ1) is 21.0. The Morgan fingerprint density at radius 3 is 2.25 bits per heavy atom. The smallest absolute Gasteiger partial charge is 0.243 e. The third-order valence-electron chi connectivity index (χ3n) is 5.30. The first-order chi connectivity index (χ1) is 13.3. The van der Waals surface area contributed by atoms with Crippen LogP contribution in [0.3, 0.4) is 0 Å². The van der Waals surface area contributed by atoms with E-state index in [-0.39, 0.29) is 0 Å². The molecule has 1 aliphatic rings. The second-order valence-electron chi connectivity index (χ2n) is 8.02. The second kappa shape index (κ2) is 8.76. The number of rotatable bonds is 7. The van der Waals surface area contributed by atoms with E-state index in [1.807, 2.05) is 23.7 Å². The van der Waals surface area contributed by atoms with Crippen molar-refractivity contribution < 1.29 is 8.42 Å². The number of hydrogen-bond acceptors (Lipinski definition) is 4. The van der Waals surface area contributed by atoms with Crippen molar-refractivity contribution in [1.82, 2.24) is 19.0 Å². The number of aryl methyl sites for hydroxylation is 2. The summed E-state index contributed by atoms with van der Waals surface area (Å²) in [4.78, 5) is 2.70. The lowest BCUT2D eigenvalue weighted by Gasteiger charge is -2.33. The molecule has 1 fully saturated rings. The maximum atomic E-state index is 13.0. The summed E-state index contributed by atoms with van der Waals surface area (Å²) in [5.74, 6) is 0.559. The van der Waals surface area contributed by atoms with Gasteiger partial charge in [0.25, 0.3) is 0 Å². The molecule has 3 rings (SSSR count). The zero-order valence-electron chi connectivity index (χ0n) is 17.4. The van der Waals surface area contributed by atoms with Crippen molar-refractivity contribution in [2.24, 2.45) is 5.92 Å². The van der Waals surface area contributed by atoms with Gasteiger partial charge in [0.1, 0.15) is 0 Å². The fraction of sp³-hybridized carbons (Fsp3) is 0.571. The van der Waals surface area contributed by atoms with E-state index in [9.17, 15) is 8.42 Å². The highest BCUT2D eigenvalue weighted by molar-refractivity contribution is 7.89. The summed E-state index contributed by atoms with van der Waals surface area (Å²) in [6.45, 7) is 12.7. The van der Waals surface area contributed by atoms with Crippen molar-refractivity contribution in [3.8, 4) is 0 Å². The van der Waals surface area contributed by atoms with Gasteiger partial charge >= 0.3 is 0 Å². The van der Waals surface area contributed by atoms with Crippen LogP contribution in [0.5, 0.6) is 0 Å². The SMILES string of the molecule is CCn1cc(CN2CCN(S(=O)(=O)c3ccc(CC(C)C)cc3)CC2)c(C)n1. The van der Waals surface area contributed by atoms with Crippen molar-refractivity contribution in [1.29, 1.82) is 0 Å². The monoisotopic (exact) mass is 404 g/mol. The number of nitrogens with zero attached hydrogens (tertiary/aromatic N) is 4. The van der Waals surface area contributed by atoms with Gasteiger partial charge in [0.2, 0.25) is 10.0 Å². The molecule has 0 atom stereocenters. The maximum absolute atomic E-state index is 13.0. The Kier molecular flexibility index (Phi) is 6.58. The van der Waals surface area contributed by atoms with Gasteiger partial charge in [-0.25, -0.2) is 8.42 Å². The summed E-state index contributed by atoms with van der Waals surface area (Å²) in [7, 11) is -3.42. The zero-order chi connectivity index (χ0) is 20.3. The van der Waals surface area contributed by atoms with Crippen LogP contribution in [0.2, 0.25) is 0 Å². The molecule has 28 heavy (non-hydrogen) atoms. The molecule has 7 heteroatoms. The summed E-state index contributed by atoms with van der Waals surface area (Å²) >= 11 is 0. The average Bonchev–Trinajstić information content (AvgIpc) is 3.02. The molecule has 154 valence electrons. The Morgan fingerprint density at radius 1 is 1.07 bits per heavy atom. The molecule has 0 spiro atoms. The van der Waals surface area contributed by atoms with Gasteiger partial charge < -0.3 is 0 Å².